The van der Waals surface area contributed by atoms with Gasteiger partial charge in [0.2, 0.25) is 5.79 Å². The van der Waals surface area contributed by atoms with Crippen molar-refractivity contribution in [2.45, 2.75) is 186 Å². The summed E-state index contributed by atoms with van der Waals surface area (Å²) in [5.74, 6) is -8.88. The van der Waals surface area contributed by atoms with E-state index >= 15 is 0 Å². The SMILES string of the molecule is CO[C@@H]1C[C@H](C[C@@H](C)[C@@H]2CC(=O)[C@H](C)/C=C(\C)[C@@H](O)[C@@H](OC)C(=O)[C@H](C)C[C@H](C)/C=C/C=C/C=C(\C)[C@@H](OCCOCCOC(F)(F)F)C[C@@H]3CC[C@@H](C)[C@@](O)(O3)C(=O)C(=O)N3CCCC[C@H]3C(=O)O2)CC[C@H]1OCCO. The van der Waals surface area contributed by atoms with Gasteiger partial charge in [-0.2, -0.15) is 0 Å². The summed E-state index contributed by atoms with van der Waals surface area (Å²) in [4.78, 5) is 72.7. The first-order valence-electron chi connectivity index (χ1n) is 27.5. The fraction of sp³-hybridized carbons (Fsp3) is 0.772. The number of allylic oxidation sites excluding steroid dienone is 6. The topological polar surface area (TPSA) is 223 Å². The van der Waals surface area contributed by atoms with Gasteiger partial charge in [0.1, 0.15) is 30.1 Å². The number of hydrogen-bond acceptors (Lipinski definition) is 16. The van der Waals surface area contributed by atoms with Gasteiger partial charge in [-0.05, 0) is 107 Å². The Bertz CT molecular complexity index is 2030. The summed E-state index contributed by atoms with van der Waals surface area (Å²) < 4.78 is 82.5. The predicted octanol–water partition coefficient (Wildman–Crippen LogP) is 7.12. The van der Waals surface area contributed by atoms with E-state index in [0.29, 0.717) is 56.1 Å². The van der Waals surface area contributed by atoms with Crippen LogP contribution in [0.25, 0.3) is 0 Å². The van der Waals surface area contributed by atoms with E-state index < -0.39 is 96.6 Å². The van der Waals surface area contributed by atoms with Crippen molar-refractivity contribution in [3.63, 3.8) is 0 Å². The second-order valence-corrected chi connectivity index (χ2v) is 21.7. The van der Waals surface area contributed by atoms with Crippen LogP contribution in [-0.2, 0) is 61.9 Å². The number of cyclic esters (lactones) is 1. The molecule has 3 heterocycles. The molecule has 3 aliphatic heterocycles. The van der Waals surface area contributed by atoms with Crippen LogP contribution in [0.5, 0.6) is 0 Å². The molecule has 1 aliphatic carbocycles. The van der Waals surface area contributed by atoms with Crippen LogP contribution in [-0.4, -0.2) is 171 Å². The number of alkyl halides is 3. The van der Waals surface area contributed by atoms with Gasteiger partial charge >= 0.3 is 12.3 Å². The van der Waals surface area contributed by atoms with E-state index in [2.05, 4.69) is 4.74 Å². The zero-order valence-corrected chi connectivity index (χ0v) is 46.7. The van der Waals surface area contributed by atoms with Crippen molar-refractivity contribution >= 4 is 29.2 Å². The molecule has 2 bridgehead atoms. The van der Waals surface area contributed by atoms with Gasteiger partial charge in [0.15, 0.2) is 5.78 Å². The predicted molar refractivity (Wildman–Crippen MR) is 278 cm³/mol. The Morgan fingerprint density at radius 2 is 1.56 bits per heavy atom. The van der Waals surface area contributed by atoms with Gasteiger partial charge in [-0.3, -0.25) is 23.9 Å². The summed E-state index contributed by atoms with van der Waals surface area (Å²) in [6.07, 6.45) is 5.03. The van der Waals surface area contributed by atoms with Gasteiger partial charge < -0.3 is 53.4 Å². The zero-order chi connectivity index (χ0) is 57.0. The van der Waals surface area contributed by atoms with Crippen molar-refractivity contribution < 1.29 is 90.4 Å². The molecule has 4 aliphatic rings. The minimum atomic E-state index is -4.80. The van der Waals surface area contributed by atoms with E-state index in [1.165, 1.54) is 7.11 Å². The minimum Gasteiger partial charge on any atom is -0.460 e. The second-order valence-electron chi connectivity index (χ2n) is 21.7. The molecule has 0 aromatic heterocycles. The number of rotatable bonds is 15. The Balaban J connectivity index is 1.69. The van der Waals surface area contributed by atoms with Crippen LogP contribution in [0.3, 0.4) is 0 Å². The number of nitrogens with zero attached hydrogens (tertiary/aromatic N) is 1. The summed E-state index contributed by atoms with van der Waals surface area (Å²) in [5.41, 5.74) is 1.04. The number of halogens is 3. The second kappa shape index (κ2) is 31.9. The third-order valence-electron chi connectivity index (χ3n) is 15.6. The summed E-state index contributed by atoms with van der Waals surface area (Å²) >= 11 is 0. The molecule has 1 amide bonds. The number of aliphatic hydroxyl groups excluding tert-OH is 2. The van der Waals surface area contributed by atoms with Gasteiger partial charge in [-0.15, -0.1) is 13.2 Å². The van der Waals surface area contributed by atoms with Gasteiger partial charge in [-0.1, -0.05) is 71.1 Å². The average Bonchev–Trinajstić information content (AvgIpc) is 3.39. The maximum Gasteiger partial charge on any atom is 0.522 e. The molecule has 4 rings (SSSR count). The first kappa shape index (κ1) is 65.8. The lowest BCUT2D eigenvalue weighted by Gasteiger charge is -2.43. The highest BCUT2D eigenvalue weighted by molar-refractivity contribution is 6.39. The van der Waals surface area contributed by atoms with E-state index in [9.17, 15) is 52.5 Å². The van der Waals surface area contributed by atoms with Crippen molar-refractivity contribution in [3.8, 4) is 0 Å². The number of carbonyl (C=O) groups is 5. The number of fused-ring (bicyclic) bond motifs is 3. The number of piperidine rings is 1. The van der Waals surface area contributed by atoms with Crippen LogP contribution in [0.1, 0.15) is 126 Å². The molecule has 3 N–H and O–H groups in total. The molecule has 438 valence electrons. The molecule has 0 unspecified atom stereocenters. The number of carbonyl (C=O) groups excluding carboxylic acids is 5. The Labute approximate surface area is 453 Å². The lowest BCUT2D eigenvalue weighted by molar-refractivity contribution is -0.327. The molecule has 17 nitrogen and oxygen atoms in total. The van der Waals surface area contributed by atoms with Crippen LogP contribution in [0.2, 0.25) is 0 Å². The monoisotopic (exact) mass is 1100 g/mol. The van der Waals surface area contributed by atoms with Gasteiger partial charge in [0.25, 0.3) is 11.7 Å². The number of Topliss-reactive ketones (excluding diaryl/α,β-unsaturated/α-hetero) is 3. The Morgan fingerprint density at radius 1 is 0.831 bits per heavy atom. The highest BCUT2D eigenvalue weighted by atomic mass is 19.4. The van der Waals surface area contributed by atoms with E-state index in [-0.39, 0.29) is 101 Å². The Hall–Kier alpha value is -3.70. The van der Waals surface area contributed by atoms with Crippen LogP contribution >= 0.6 is 0 Å². The van der Waals surface area contributed by atoms with Crippen LogP contribution < -0.4 is 0 Å². The number of hydrogen-bond donors (Lipinski definition) is 3. The van der Waals surface area contributed by atoms with Crippen molar-refractivity contribution in [3.05, 3.63) is 47.6 Å². The highest BCUT2D eigenvalue weighted by Crippen LogP contribution is 2.38. The quantitative estimate of drug-likeness (QED) is 0.0643. The average molecular weight is 1100 g/mol. The van der Waals surface area contributed by atoms with Gasteiger partial charge in [0, 0.05) is 51.4 Å². The number of aliphatic hydroxyl groups is 3. The van der Waals surface area contributed by atoms with Crippen LogP contribution in [0, 0.1) is 35.5 Å². The lowest BCUT2D eigenvalue weighted by atomic mass is 9.78. The summed E-state index contributed by atoms with van der Waals surface area (Å²) in [6.45, 7) is 11.2. The maximum atomic E-state index is 14.6. The molecule has 2 saturated heterocycles. The number of methoxy groups -OCH3 is 2. The standard InChI is InChI=1S/C57H88F3NO16/c1-35-15-11-10-12-16-36(2)47(74-27-25-72-26-28-75-57(58,59)60)33-43-20-18-41(7)56(69,77-43)53(66)54(67)61-22-14-13-17-44(61)55(68)76-48(38(4)31-42-19-21-46(73-24-23-62)49(32-42)70-8)34-45(63)37(3)30-40(6)51(65)52(71-9)50(64)39(5)29-35/h10-12,15-16,30,35,37-39,41-44,46-49,51-52,62,65,69H,13-14,17-29,31-34H2,1-9H3/b12-10+,15-11+,36-16+,40-30+/t35-,37-,38-,39-,41-,42+,43+,44+,46-,47+,48+,49-,51-,52+,56-/m1/s1. The fourth-order valence-corrected chi connectivity index (χ4v) is 11.0. The van der Waals surface area contributed by atoms with Crippen molar-refractivity contribution in [1.82, 2.24) is 4.90 Å². The maximum absolute atomic E-state index is 14.6. The van der Waals surface area contributed by atoms with Crippen LogP contribution in [0.15, 0.2) is 47.6 Å². The number of esters is 1. The molecule has 20 heteroatoms. The molecule has 0 radical (unpaired) electrons. The van der Waals surface area contributed by atoms with Crippen molar-refractivity contribution in [1.29, 1.82) is 0 Å². The molecule has 1 saturated carbocycles. The normalized spacial score (nSPS) is 36.2. The molecule has 3 fully saturated rings. The lowest BCUT2D eigenvalue weighted by Crippen LogP contribution is -2.61. The molecule has 0 spiro atoms. The van der Waals surface area contributed by atoms with Crippen molar-refractivity contribution in [2.24, 2.45) is 35.5 Å². The zero-order valence-electron chi connectivity index (χ0n) is 46.7. The summed E-state index contributed by atoms with van der Waals surface area (Å²) in [7, 11) is 2.95. The van der Waals surface area contributed by atoms with Crippen LogP contribution in [0.4, 0.5) is 13.2 Å². The fourth-order valence-electron chi connectivity index (χ4n) is 11.0. The summed E-state index contributed by atoms with van der Waals surface area (Å²) in [5, 5.41) is 33.0. The minimum absolute atomic E-state index is 0.0104. The van der Waals surface area contributed by atoms with Crippen molar-refractivity contribution in [2.75, 3.05) is 60.4 Å². The van der Waals surface area contributed by atoms with E-state index in [1.54, 1.807) is 66.0 Å². The van der Waals surface area contributed by atoms with Gasteiger partial charge in [0.05, 0.1) is 64.1 Å². The smallest absolute Gasteiger partial charge is 0.460 e. The molecule has 0 aromatic rings. The largest absolute Gasteiger partial charge is 0.522 e. The van der Waals surface area contributed by atoms with E-state index in [4.69, 9.17) is 33.2 Å². The number of ether oxygens (including phenoxy) is 8. The molecule has 0 aromatic carbocycles. The first-order valence-corrected chi connectivity index (χ1v) is 27.5. The first-order chi connectivity index (χ1) is 36.4. The number of ketones is 3. The third-order valence-corrected chi connectivity index (χ3v) is 15.6. The van der Waals surface area contributed by atoms with E-state index in [0.717, 1.165) is 11.3 Å². The third kappa shape index (κ3) is 20.1. The van der Waals surface area contributed by atoms with Gasteiger partial charge in [-0.25, -0.2) is 4.79 Å². The highest BCUT2D eigenvalue weighted by Gasteiger charge is 2.53. The molecular weight excluding hydrogens is 1010 g/mol. The number of amides is 1. The summed E-state index contributed by atoms with van der Waals surface area (Å²) in [6, 6.07) is -1.23. The Kier molecular flexibility index (Phi) is 27.3. The molecule has 15 atom stereocenters. The Morgan fingerprint density at radius 3 is 2.25 bits per heavy atom. The molecule has 77 heavy (non-hydrogen) atoms. The van der Waals surface area contributed by atoms with E-state index in [1.807, 2.05) is 26.0 Å². The molecular formula is C57H88F3NO16.